The van der Waals surface area contributed by atoms with Crippen LogP contribution < -0.4 is 0 Å². The number of rotatable bonds is 6. The average Bonchev–Trinajstić information content (AvgIpc) is 2.01. The van der Waals surface area contributed by atoms with Crippen molar-refractivity contribution in [3.8, 4) is 6.07 Å². The van der Waals surface area contributed by atoms with Crippen molar-refractivity contribution in [3.63, 3.8) is 0 Å². The van der Waals surface area contributed by atoms with E-state index in [1.165, 1.54) is 0 Å². The first-order chi connectivity index (χ1) is 5.62. The van der Waals surface area contributed by atoms with Gasteiger partial charge in [0, 0.05) is 6.42 Å². The van der Waals surface area contributed by atoms with Crippen molar-refractivity contribution in [2.75, 3.05) is 11.5 Å². The van der Waals surface area contributed by atoms with Gasteiger partial charge in [-0.3, -0.25) is 0 Å². The van der Waals surface area contributed by atoms with E-state index < -0.39 is 9.84 Å². The highest BCUT2D eigenvalue weighted by atomic mass is 32.2. The van der Waals surface area contributed by atoms with Gasteiger partial charge in [0.25, 0.3) is 0 Å². The van der Waals surface area contributed by atoms with E-state index in [0.29, 0.717) is 12.8 Å². The summed E-state index contributed by atoms with van der Waals surface area (Å²) in [5.41, 5.74) is 0. The zero-order chi connectivity index (χ0) is 9.45. The van der Waals surface area contributed by atoms with E-state index in [9.17, 15) is 8.42 Å². The first-order valence-electron chi connectivity index (χ1n) is 4.19. The first kappa shape index (κ1) is 11.4. The molecule has 0 aromatic heterocycles. The van der Waals surface area contributed by atoms with Gasteiger partial charge in [-0.2, -0.15) is 5.26 Å². The molecule has 0 N–H and O–H groups in total. The Kier molecular flexibility index (Phi) is 5.73. The lowest BCUT2D eigenvalue weighted by Gasteiger charge is -2.00. The van der Waals surface area contributed by atoms with E-state index in [1.54, 1.807) is 0 Å². The molecule has 0 aromatic rings. The van der Waals surface area contributed by atoms with Gasteiger partial charge in [0.05, 0.1) is 17.6 Å². The molecule has 0 rings (SSSR count). The molecule has 0 unspecified atom stereocenters. The summed E-state index contributed by atoms with van der Waals surface area (Å²) in [4.78, 5) is 0. The van der Waals surface area contributed by atoms with Crippen LogP contribution in [0.5, 0.6) is 0 Å². The van der Waals surface area contributed by atoms with E-state index in [2.05, 4.69) is 0 Å². The van der Waals surface area contributed by atoms with Crippen LogP contribution in [0.25, 0.3) is 0 Å². The highest BCUT2D eigenvalue weighted by Crippen LogP contribution is 2.00. The summed E-state index contributed by atoms with van der Waals surface area (Å²) in [5.74, 6) is 0.440. The second kappa shape index (κ2) is 6.01. The Bertz CT molecular complexity index is 238. The molecular weight excluding hydrogens is 174 g/mol. The lowest BCUT2D eigenvalue weighted by molar-refractivity contribution is 0.590. The minimum absolute atomic E-state index is 0.167. The fraction of sp³-hybridized carbons (Fsp3) is 0.875. The summed E-state index contributed by atoms with van der Waals surface area (Å²) < 4.78 is 22.3. The van der Waals surface area contributed by atoms with Gasteiger partial charge in [0.15, 0.2) is 0 Å². The quantitative estimate of drug-likeness (QED) is 0.595. The number of sulfone groups is 1. The van der Waals surface area contributed by atoms with E-state index >= 15 is 0 Å². The van der Waals surface area contributed by atoms with Crippen molar-refractivity contribution in [2.45, 2.75) is 32.6 Å². The fourth-order valence-electron chi connectivity index (χ4n) is 0.837. The van der Waals surface area contributed by atoms with Crippen LogP contribution in [0.1, 0.15) is 32.6 Å². The highest BCUT2D eigenvalue weighted by Gasteiger charge is 2.08. The maximum Gasteiger partial charge on any atom is 0.150 e. The van der Waals surface area contributed by atoms with Crippen LogP contribution in [0, 0.1) is 11.3 Å². The van der Waals surface area contributed by atoms with Gasteiger partial charge in [-0.25, -0.2) is 8.42 Å². The number of unbranched alkanes of at least 4 members (excludes halogenated alkanes) is 2. The largest absolute Gasteiger partial charge is 0.229 e. The summed E-state index contributed by atoms with van der Waals surface area (Å²) in [6.45, 7) is 1.96. The predicted molar refractivity (Wildman–Crippen MR) is 48.4 cm³/mol. The number of nitrogens with zero attached hydrogens (tertiary/aromatic N) is 1. The van der Waals surface area contributed by atoms with Crippen LogP contribution in [0.3, 0.4) is 0 Å². The number of nitriles is 1. The molecule has 0 saturated heterocycles. The summed E-state index contributed by atoms with van der Waals surface area (Å²) in [6, 6.07) is 1.93. The first-order valence-corrected chi connectivity index (χ1v) is 6.02. The van der Waals surface area contributed by atoms with Crippen molar-refractivity contribution in [3.05, 3.63) is 0 Å². The fourth-order valence-corrected chi connectivity index (χ4v) is 2.35. The second-order valence-corrected chi connectivity index (χ2v) is 5.07. The average molecular weight is 189 g/mol. The van der Waals surface area contributed by atoms with Crippen LogP contribution in [-0.4, -0.2) is 19.9 Å². The third-order valence-electron chi connectivity index (χ3n) is 1.55. The minimum Gasteiger partial charge on any atom is -0.229 e. The predicted octanol–water partition coefficient (Wildman–Crippen LogP) is 1.51. The Labute approximate surface area is 74.3 Å². The van der Waals surface area contributed by atoms with E-state index in [-0.39, 0.29) is 11.5 Å². The molecule has 12 heavy (non-hydrogen) atoms. The third-order valence-corrected chi connectivity index (χ3v) is 3.37. The molecule has 3 nitrogen and oxygen atoms in total. The van der Waals surface area contributed by atoms with Gasteiger partial charge in [0.1, 0.15) is 9.84 Å². The molecule has 70 valence electrons. The molecule has 0 aliphatic carbocycles. The molecule has 0 bridgehead atoms. The summed E-state index contributed by atoms with van der Waals surface area (Å²) in [5, 5.41) is 8.19. The van der Waals surface area contributed by atoms with Crippen molar-refractivity contribution in [1.29, 1.82) is 5.26 Å². The number of hydrogen-bond acceptors (Lipinski definition) is 3. The molecule has 0 amide bonds. The Hall–Kier alpha value is -0.560. The minimum atomic E-state index is -2.87. The van der Waals surface area contributed by atoms with Crippen LogP contribution in [-0.2, 0) is 9.84 Å². The number of hydrogen-bond donors (Lipinski definition) is 0. The zero-order valence-electron chi connectivity index (χ0n) is 7.41. The topological polar surface area (TPSA) is 57.9 Å². The summed E-state index contributed by atoms with van der Waals surface area (Å²) in [6.07, 6.45) is 2.44. The normalized spacial score (nSPS) is 11.0. The molecule has 0 heterocycles. The van der Waals surface area contributed by atoms with Crippen molar-refractivity contribution in [2.24, 2.45) is 0 Å². The molecular formula is C8H15NO2S. The second-order valence-electron chi connectivity index (χ2n) is 2.77. The van der Waals surface area contributed by atoms with E-state index in [0.717, 1.165) is 12.8 Å². The Balaban J connectivity index is 3.67. The van der Waals surface area contributed by atoms with E-state index in [4.69, 9.17) is 5.26 Å². The monoisotopic (exact) mass is 189 g/mol. The van der Waals surface area contributed by atoms with Crippen LogP contribution in [0.15, 0.2) is 0 Å². The van der Waals surface area contributed by atoms with Crippen LogP contribution in [0.4, 0.5) is 0 Å². The summed E-state index contributed by atoms with van der Waals surface area (Å²) in [7, 11) is -2.87. The molecule has 0 atom stereocenters. The third kappa shape index (κ3) is 6.17. The zero-order valence-corrected chi connectivity index (χ0v) is 8.23. The lowest BCUT2D eigenvalue weighted by atomic mass is 10.4. The maximum atomic E-state index is 11.2. The highest BCUT2D eigenvalue weighted by molar-refractivity contribution is 7.91. The van der Waals surface area contributed by atoms with Crippen molar-refractivity contribution in [1.82, 2.24) is 0 Å². The van der Waals surface area contributed by atoms with Gasteiger partial charge in [-0.1, -0.05) is 13.3 Å². The van der Waals surface area contributed by atoms with Gasteiger partial charge in [-0.05, 0) is 12.8 Å². The molecule has 0 aliphatic heterocycles. The lowest BCUT2D eigenvalue weighted by Crippen LogP contribution is -2.10. The van der Waals surface area contributed by atoms with Crippen LogP contribution in [0.2, 0.25) is 0 Å². The Morgan fingerprint density at radius 2 is 1.83 bits per heavy atom. The van der Waals surface area contributed by atoms with Gasteiger partial charge in [0.2, 0.25) is 0 Å². The van der Waals surface area contributed by atoms with Gasteiger partial charge >= 0.3 is 0 Å². The van der Waals surface area contributed by atoms with Gasteiger partial charge in [-0.15, -0.1) is 0 Å². The molecule has 0 aliphatic rings. The molecule has 0 aromatic carbocycles. The van der Waals surface area contributed by atoms with E-state index in [1.807, 2.05) is 13.0 Å². The van der Waals surface area contributed by atoms with Crippen molar-refractivity contribution < 1.29 is 8.42 Å². The van der Waals surface area contributed by atoms with Crippen LogP contribution >= 0.6 is 0 Å². The smallest absolute Gasteiger partial charge is 0.150 e. The molecule has 0 saturated carbocycles. The molecule has 0 fully saturated rings. The van der Waals surface area contributed by atoms with Crippen molar-refractivity contribution >= 4 is 9.84 Å². The standard InChI is InChI=1S/C8H15NO2S/c1-2-3-7-12(10,11)8-5-4-6-9/h2-5,7-8H2,1H3. The SMILES string of the molecule is CCCCS(=O)(=O)CCCC#N. The summed E-state index contributed by atoms with van der Waals surface area (Å²) >= 11 is 0. The Morgan fingerprint density at radius 3 is 2.33 bits per heavy atom. The Morgan fingerprint density at radius 1 is 1.25 bits per heavy atom. The molecule has 4 heteroatoms. The molecule has 0 spiro atoms. The molecule has 0 radical (unpaired) electrons. The van der Waals surface area contributed by atoms with Gasteiger partial charge < -0.3 is 0 Å². The maximum absolute atomic E-state index is 11.2.